The lowest BCUT2D eigenvalue weighted by molar-refractivity contribution is -0.183. The molecule has 1 fully saturated rings. The summed E-state index contributed by atoms with van der Waals surface area (Å²) in [6.45, 7) is 0.820. The summed E-state index contributed by atoms with van der Waals surface area (Å²) >= 11 is 0. The number of amides is 1. The Morgan fingerprint density at radius 3 is 2.86 bits per heavy atom. The second kappa shape index (κ2) is 6.93. The zero-order chi connectivity index (χ0) is 15.3. The van der Waals surface area contributed by atoms with Crippen LogP contribution >= 0.6 is 0 Å². The van der Waals surface area contributed by atoms with Crippen molar-refractivity contribution >= 4 is 5.91 Å². The number of H-pyrrole nitrogens is 1. The second-order valence-corrected chi connectivity index (χ2v) is 5.28. The molecule has 5 nitrogen and oxygen atoms in total. The number of carbonyl (C=O) groups excluding carboxylic acids is 1. The molecule has 2 rings (SSSR count). The number of aromatic nitrogens is 2. The molecule has 1 aliphatic rings. The number of aromatic amines is 1. The molecule has 1 aromatic rings. The summed E-state index contributed by atoms with van der Waals surface area (Å²) < 4.78 is 38.0. The van der Waals surface area contributed by atoms with E-state index in [9.17, 15) is 18.0 Å². The molecule has 1 aliphatic carbocycles. The molecule has 0 bridgehead atoms. The summed E-state index contributed by atoms with van der Waals surface area (Å²) in [7, 11) is 0. The van der Waals surface area contributed by atoms with Gasteiger partial charge >= 0.3 is 6.18 Å². The molecule has 1 saturated carbocycles. The lowest BCUT2D eigenvalue weighted by Crippen LogP contribution is -2.42. The molecule has 0 saturated heterocycles. The SMILES string of the molecule is O=C(NCCN[C@@H]1CCC[C@@H](C(F)(F)F)C1)c1ccn[nH]1. The Morgan fingerprint density at radius 1 is 1.38 bits per heavy atom. The van der Waals surface area contributed by atoms with Crippen molar-refractivity contribution in [3.8, 4) is 0 Å². The normalized spacial score (nSPS) is 23.0. The summed E-state index contributed by atoms with van der Waals surface area (Å²) in [6, 6.07) is 1.42. The summed E-state index contributed by atoms with van der Waals surface area (Å²) in [4.78, 5) is 11.6. The van der Waals surface area contributed by atoms with Crippen LogP contribution in [-0.4, -0.2) is 41.4 Å². The number of hydrogen-bond acceptors (Lipinski definition) is 3. The zero-order valence-electron chi connectivity index (χ0n) is 11.5. The smallest absolute Gasteiger partial charge is 0.349 e. The van der Waals surface area contributed by atoms with Gasteiger partial charge < -0.3 is 10.6 Å². The van der Waals surface area contributed by atoms with Crippen molar-refractivity contribution in [2.45, 2.75) is 37.9 Å². The first kappa shape index (κ1) is 15.8. The van der Waals surface area contributed by atoms with Gasteiger partial charge in [-0.25, -0.2) is 0 Å². The molecule has 0 aliphatic heterocycles. The van der Waals surface area contributed by atoms with E-state index in [2.05, 4.69) is 20.8 Å². The minimum absolute atomic E-state index is 0.123. The number of hydrogen-bond donors (Lipinski definition) is 3. The predicted molar refractivity (Wildman–Crippen MR) is 70.7 cm³/mol. The number of halogens is 3. The van der Waals surface area contributed by atoms with Gasteiger partial charge in [0.25, 0.3) is 5.91 Å². The van der Waals surface area contributed by atoms with Gasteiger partial charge in [0, 0.05) is 25.3 Å². The van der Waals surface area contributed by atoms with Crippen LogP contribution in [0.5, 0.6) is 0 Å². The van der Waals surface area contributed by atoms with Crippen molar-refractivity contribution in [3.63, 3.8) is 0 Å². The van der Waals surface area contributed by atoms with Gasteiger partial charge in [0.15, 0.2) is 0 Å². The first-order valence-electron chi connectivity index (χ1n) is 7.04. The van der Waals surface area contributed by atoms with Crippen molar-refractivity contribution in [1.29, 1.82) is 0 Å². The molecule has 0 aromatic carbocycles. The Kier molecular flexibility index (Phi) is 5.22. The van der Waals surface area contributed by atoms with Crippen molar-refractivity contribution in [2.24, 2.45) is 5.92 Å². The maximum atomic E-state index is 12.7. The third-order valence-electron chi connectivity index (χ3n) is 3.73. The van der Waals surface area contributed by atoms with Crippen molar-refractivity contribution in [1.82, 2.24) is 20.8 Å². The quantitative estimate of drug-likeness (QED) is 0.727. The maximum Gasteiger partial charge on any atom is 0.391 e. The Hall–Kier alpha value is -1.57. The van der Waals surface area contributed by atoms with Crippen molar-refractivity contribution in [2.75, 3.05) is 13.1 Å². The fraction of sp³-hybridized carbons (Fsp3) is 0.692. The predicted octanol–water partition coefficient (Wildman–Crippen LogP) is 1.85. The Balaban J connectivity index is 1.65. The first-order chi connectivity index (χ1) is 9.97. The Labute approximate surface area is 120 Å². The third-order valence-corrected chi connectivity index (χ3v) is 3.73. The summed E-state index contributed by atoms with van der Waals surface area (Å²) in [5, 5.41) is 12.0. The van der Waals surface area contributed by atoms with Crippen LogP contribution < -0.4 is 10.6 Å². The number of nitrogens with zero attached hydrogens (tertiary/aromatic N) is 1. The molecular weight excluding hydrogens is 285 g/mol. The van der Waals surface area contributed by atoms with Crippen LogP contribution in [0.15, 0.2) is 12.3 Å². The highest BCUT2D eigenvalue weighted by Gasteiger charge is 2.41. The van der Waals surface area contributed by atoms with E-state index in [1.165, 1.54) is 6.20 Å². The van der Waals surface area contributed by atoms with Gasteiger partial charge in [-0.15, -0.1) is 0 Å². The molecular formula is C13H19F3N4O. The van der Waals surface area contributed by atoms with Gasteiger partial charge in [-0.3, -0.25) is 9.89 Å². The lowest BCUT2D eigenvalue weighted by Gasteiger charge is -2.31. The Bertz CT molecular complexity index is 447. The fourth-order valence-electron chi connectivity index (χ4n) is 2.60. The monoisotopic (exact) mass is 304 g/mol. The number of carbonyl (C=O) groups is 1. The fourth-order valence-corrected chi connectivity index (χ4v) is 2.60. The van der Waals surface area contributed by atoms with Crippen LogP contribution in [0.4, 0.5) is 13.2 Å². The van der Waals surface area contributed by atoms with E-state index in [1.807, 2.05) is 0 Å². The number of alkyl halides is 3. The van der Waals surface area contributed by atoms with Gasteiger partial charge in [-0.05, 0) is 25.3 Å². The molecule has 21 heavy (non-hydrogen) atoms. The lowest BCUT2D eigenvalue weighted by atomic mass is 9.85. The van der Waals surface area contributed by atoms with Gasteiger partial charge in [0.2, 0.25) is 0 Å². The molecule has 0 spiro atoms. The number of nitrogens with one attached hydrogen (secondary N) is 3. The molecule has 0 unspecified atom stereocenters. The topological polar surface area (TPSA) is 69.8 Å². The highest BCUT2D eigenvalue weighted by Crippen LogP contribution is 2.37. The third kappa shape index (κ3) is 4.73. The van der Waals surface area contributed by atoms with Crippen molar-refractivity contribution < 1.29 is 18.0 Å². The number of rotatable bonds is 5. The van der Waals surface area contributed by atoms with Gasteiger partial charge in [-0.2, -0.15) is 18.3 Å². The van der Waals surface area contributed by atoms with Crippen LogP contribution in [0.3, 0.4) is 0 Å². The van der Waals surface area contributed by atoms with E-state index in [0.717, 1.165) is 6.42 Å². The maximum absolute atomic E-state index is 12.7. The van der Waals surface area contributed by atoms with Gasteiger partial charge in [0.1, 0.15) is 5.69 Å². The van der Waals surface area contributed by atoms with Crippen molar-refractivity contribution in [3.05, 3.63) is 18.0 Å². The molecule has 3 N–H and O–H groups in total. The van der Waals surface area contributed by atoms with E-state index in [4.69, 9.17) is 0 Å². The van der Waals surface area contributed by atoms with Crippen LogP contribution in [0.25, 0.3) is 0 Å². The first-order valence-corrected chi connectivity index (χ1v) is 7.04. The summed E-state index contributed by atoms with van der Waals surface area (Å²) in [6.07, 6.45) is -0.943. The van der Waals surface area contributed by atoms with E-state index >= 15 is 0 Å². The zero-order valence-corrected chi connectivity index (χ0v) is 11.5. The van der Waals surface area contributed by atoms with E-state index in [0.29, 0.717) is 25.2 Å². The minimum atomic E-state index is -4.10. The molecule has 8 heteroatoms. The minimum Gasteiger partial charge on any atom is -0.349 e. The Morgan fingerprint density at radius 2 is 2.19 bits per heavy atom. The van der Waals surface area contributed by atoms with Gasteiger partial charge in [0.05, 0.1) is 5.92 Å². The molecule has 118 valence electrons. The molecule has 1 aromatic heterocycles. The van der Waals surface area contributed by atoms with E-state index in [1.54, 1.807) is 6.07 Å². The van der Waals surface area contributed by atoms with E-state index in [-0.39, 0.29) is 24.8 Å². The molecule has 2 atom stereocenters. The molecule has 1 amide bonds. The highest BCUT2D eigenvalue weighted by atomic mass is 19.4. The standard InChI is InChI=1S/C13H19F3N4O/c14-13(15,16)9-2-1-3-10(8-9)17-6-7-18-12(21)11-4-5-19-20-11/h4-5,9-10,17H,1-3,6-8H2,(H,18,21)(H,19,20)/t9-,10-/m1/s1. The molecule has 0 radical (unpaired) electrons. The summed E-state index contributed by atoms with van der Waals surface area (Å²) in [5.74, 6) is -1.48. The average molecular weight is 304 g/mol. The van der Waals surface area contributed by atoms with Crippen LogP contribution in [0.1, 0.15) is 36.2 Å². The molecule has 1 heterocycles. The highest BCUT2D eigenvalue weighted by molar-refractivity contribution is 5.92. The van der Waals surface area contributed by atoms with Crippen LogP contribution in [0, 0.1) is 5.92 Å². The largest absolute Gasteiger partial charge is 0.391 e. The van der Waals surface area contributed by atoms with Crippen LogP contribution in [-0.2, 0) is 0 Å². The van der Waals surface area contributed by atoms with E-state index < -0.39 is 12.1 Å². The summed E-state index contributed by atoms with van der Waals surface area (Å²) in [5.41, 5.74) is 0.366. The average Bonchev–Trinajstić information content (AvgIpc) is 2.97. The second-order valence-electron chi connectivity index (χ2n) is 5.28. The van der Waals surface area contributed by atoms with Gasteiger partial charge in [-0.1, -0.05) is 6.42 Å². The van der Waals surface area contributed by atoms with Crippen LogP contribution in [0.2, 0.25) is 0 Å².